The van der Waals surface area contributed by atoms with E-state index in [9.17, 15) is 4.79 Å². The highest BCUT2D eigenvalue weighted by molar-refractivity contribution is 6.02. The van der Waals surface area contributed by atoms with Crippen molar-refractivity contribution in [3.8, 4) is 11.6 Å². The first kappa shape index (κ1) is 16.7. The monoisotopic (exact) mass is 373 g/mol. The lowest BCUT2D eigenvalue weighted by atomic mass is 10.1. The van der Waals surface area contributed by atoms with Gasteiger partial charge in [-0.3, -0.25) is 4.57 Å². The molecular weight excluding hydrogens is 354 g/mol. The van der Waals surface area contributed by atoms with Crippen LogP contribution in [0.3, 0.4) is 0 Å². The average Bonchev–Trinajstić information content (AvgIpc) is 3.48. The Bertz CT molecular complexity index is 1190. The van der Waals surface area contributed by atoms with E-state index in [1.165, 1.54) is 20.0 Å². The zero-order chi connectivity index (χ0) is 19.1. The lowest BCUT2D eigenvalue weighted by Crippen LogP contribution is -2.04. The van der Waals surface area contributed by atoms with Gasteiger partial charge in [-0.25, -0.2) is 14.8 Å². The average molecular weight is 373 g/mol. The van der Waals surface area contributed by atoms with Gasteiger partial charge in [0, 0.05) is 11.5 Å². The van der Waals surface area contributed by atoms with Crippen molar-refractivity contribution in [2.24, 2.45) is 5.92 Å². The third kappa shape index (κ3) is 2.97. The first-order chi connectivity index (χ1) is 13.7. The van der Waals surface area contributed by atoms with E-state index in [0.29, 0.717) is 22.8 Å². The summed E-state index contributed by atoms with van der Waals surface area (Å²) in [6.45, 7) is 0.773. The maximum Gasteiger partial charge on any atom is 0.340 e. The standard InChI is InChI=1S/C22H19N3O3/c1-27-22(26)17-4-2-3-15-7-10-20(24-21(15)17)25-13-23-18-11-16(8-9-19(18)25)28-12-14-5-6-14/h2-4,7-11,13-14H,5-6,12H2,1H3. The van der Waals surface area contributed by atoms with Gasteiger partial charge in [-0.1, -0.05) is 12.1 Å². The van der Waals surface area contributed by atoms with Crippen LogP contribution in [0.25, 0.3) is 27.8 Å². The number of aromatic nitrogens is 3. The quantitative estimate of drug-likeness (QED) is 0.492. The molecule has 140 valence electrons. The fourth-order valence-electron chi connectivity index (χ4n) is 3.31. The molecule has 2 aromatic carbocycles. The molecule has 6 heteroatoms. The molecule has 5 rings (SSSR count). The highest BCUT2D eigenvalue weighted by Gasteiger charge is 2.22. The van der Waals surface area contributed by atoms with E-state index >= 15 is 0 Å². The van der Waals surface area contributed by atoms with Gasteiger partial charge in [0.05, 0.1) is 35.8 Å². The van der Waals surface area contributed by atoms with Gasteiger partial charge in [0.1, 0.15) is 17.9 Å². The minimum atomic E-state index is -0.400. The Morgan fingerprint density at radius 2 is 2.07 bits per heavy atom. The summed E-state index contributed by atoms with van der Waals surface area (Å²) in [5.74, 6) is 1.84. The van der Waals surface area contributed by atoms with Crippen LogP contribution in [-0.4, -0.2) is 34.2 Å². The highest BCUT2D eigenvalue weighted by Crippen LogP contribution is 2.30. The number of methoxy groups -OCH3 is 1. The smallest absolute Gasteiger partial charge is 0.340 e. The molecule has 0 spiro atoms. The first-order valence-electron chi connectivity index (χ1n) is 9.31. The van der Waals surface area contributed by atoms with Crippen LogP contribution in [0, 0.1) is 5.92 Å². The minimum absolute atomic E-state index is 0.400. The Morgan fingerprint density at radius 3 is 2.89 bits per heavy atom. The van der Waals surface area contributed by atoms with Crippen LogP contribution < -0.4 is 4.74 Å². The number of nitrogens with zero attached hydrogens (tertiary/aromatic N) is 3. The fraction of sp³-hybridized carbons (Fsp3) is 0.227. The summed E-state index contributed by atoms with van der Waals surface area (Å²) in [7, 11) is 1.37. The molecule has 1 aliphatic rings. The van der Waals surface area contributed by atoms with Crippen LogP contribution >= 0.6 is 0 Å². The fourth-order valence-corrected chi connectivity index (χ4v) is 3.31. The molecule has 6 nitrogen and oxygen atoms in total. The Kier molecular flexibility index (Phi) is 3.97. The number of para-hydroxylation sites is 1. The topological polar surface area (TPSA) is 66.2 Å². The predicted molar refractivity (Wildman–Crippen MR) is 106 cm³/mol. The molecule has 1 aliphatic carbocycles. The molecule has 2 aromatic heterocycles. The number of carbonyl (C=O) groups excluding carboxylic acids is 1. The molecule has 0 amide bonds. The second kappa shape index (κ2) is 6.64. The molecule has 0 unspecified atom stereocenters. The van der Waals surface area contributed by atoms with E-state index in [1.807, 2.05) is 47.0 Å². The lowest BCUT2D eigenvalue weighted by Gasteiger charge is -2.09. The van der Waals surface area contributed by atoms with E-state index < -0.39 is 5.97 Å². The molecule has 4 aromatic rings. The van der Waals surface area contributed by atoms with E-state index in [4.69, 9.17) is 14.5 Å². The van der Waals surface area contributed by atoms with Crippen molar-refractivity contribution >= 4 is 27.9 Å². The maximum absolute atomic E-state index is 12.1. The number of carbonyl (C=O) groups is 1. The van der Waals surface area contributed by atoms with E-state index in [-0.39, 0.29) is 0 Å². The second-order valence-electron chi connectivity index (χ2n) is 7.06. The van der Waals surface area contributed by atoms with E-state index in [0.717, 1.165) is 28.8 Å². The number of imidazole rings is 1. The van der Waals surface area contributed by atoms with Crippen molar-refractivity contribution in [3.63, 3.8) is 0 Å². The zero-order valence-corrected chi connectivity index (χ0v) is 15.5. The summed E-state index contributed by atoms with van der Waals surface area (Å²) in [5.41, 5.74) is 2.83. The molecule has 1 saturated carbocycles. The molecule has 0 aliphatic heterocycles. The third-order valence-electron chi connectivity index (χ3n) is 5.06. The van der Waals surface area contributed by atoms with Gasteiger partial charge in [-0.2, -0.15) is 0 Å². The molecule has 0 radical (unpaired) electrons. The Labute approximate surface area is 161 Å². The van der Waals surface area contributed by atoms with Crippen molar-refractivity contribution in [2.75, 3.05) is 13.7 Å². The van der Waals surface area contributed by atoms with Crippen molar-refractivity contribution in [3.05, 3.63) is 60.4 Å². The first-order valence-corrected chi connectivity index (χ1v) is 9.31. The van der Waals surface area contributed by atoms with Crippen LogP contribution in [0.2, 0.25) is 0 Å². The van der Waals surface area contributed by atoms with Gasteiger partial charge < -0.3 is 9.47 Å². The minimum Gasteiger partial charge on any atom is -0.493 e. The molecule has 28 heavy (non-hydrogen) atoms. The molecule has 2 heterocycles. The van der Waals surface area contributed by atoms with Gasteiger partial charge in [0.25, 0.3) is 0 Å². The molecule has 0 saturated heterocycles. The number of fused-ring (bicyclic) bond motifs is 2. The lowest BCUT2D eigenvalue weighted by molar-refractivity contribution is 0.0603. The van der Waals surface area contributed by atoms with Crippen LogP contribution in [-0.2, 0) is 4.74 Å². The summed E-state index contributed by atoms with van der Waals surface area (Å²) in [4.78, 5) is 21.3. The molecule has 0 bridgehead atoms. The summed E-state index contributed by atoms with van der Waals surface area (Å²) in [6.07, 6.45) is 4.26. The predicted octanol–water partition coefficient (Wildman–Crippen LogP) is 4.15. The van der Waals surface area contributed by atoms with Crippen molar-refractivity contribution in [1.82, 2.24) is 14.5 Å². The summed E-state index contributed by atoms with van der Waals surface area (Å²) >= 11 is 0. The Hall–Kier alpha value is -3.41. The van der Waals surface area contributed by atoms with E-state index in [1.54, 1.807) is 12.4 Å². The van der Waals surface area contributed by atoms with Gasteiger partial charge in [-0.15, -0.1) is 0 Å². The van der Waals surface area contributed by atoms with Gasteiger partial charge in [0.2, 0.25) is 0 Å². The number of rotatable bonds is 5. The third-order valence-corrected chi connectivity index (χ3v) is 5.06. The highest BCUT2D eigenvalue weighted by atomic mass is 16.5. The largest absolute Gasteiger partial charge is 0.493 e. The number of pyridine rings is 1. The van der Waals surface area contributed by atoms with Crippen LogP contribution in [0.4, 0.5) is 0 Å². The summed E-state index contributed by atoms with van der Waals surface area (Å²) < 4.78 is 12.6. The van der Waals surface area contributed by atoms with Crippen molar-refractivity contribution < 1.29 is 14.3 Å². The number of hydrogen-bond acceptors (Lipinski definition) is 5. The maximum atomic E-state index is 12.1. The van der Waals surface area contributed by atoms with E-state index in [2.05, 4.69) is 4.98 Å². The number of ether oxygens (including phenoxy) is 2. The van der Waals surface area contributed by atoms with Gasteiger partial charge >= 0.3 is 5.97 Å². The Morgan fingerprint density at radius 1 is 1.18 bits per heavy atom. The summed E-state index contributed by atoms with van der Waals surface area (Å²) in [5, 5.41) is 0.881. The molecule has 0 atom stereocenters. The normalized spacial score (nSPS) is 13.8. The van der Waals surface area contributed by atoms with Gasteiger partial charge in [-0.05, 0) is 49.1 Å². The zero-order valence-electron chi connectivity index (χ0n) is 15.5. The SMILES string of the molecule is COC(=O)c1cccc2ccc(-n3cnc4cc(OCC5CC5)ccc43)nc12. The molecule has 1 fully saturated rings. The number of esters is 1. The van der Waals surface area contributed by atoms with Crippen molar-refractivity contribution in [2.45, 2.75) is 12.8 Å². The summed E-state index contributed by atoms with van der Waals surface area (Å²) in [6, 6.07) is 15.2. The van der Waals surface area contributed by atoms with Crippen LogP contribution in [0.5, 0.6) is 5.75 Å². The Balaban J connectivity index is 1.55. The second-order valence-corrected chi connectivity index (χ2v) is 7.06. The molecular formula is C22H19N3O3. The number of benzene rings is 2. The van der Waals surface area contributed by atoms with Crippen LogP contribution in [0.15, 0.2) is 54.9 Å². The van der Waals surface area contributed by atoms with Crippen molar-refractivity contribution in [1.29, 1.82) is 0 Å². The molecule has 0 N–H and O–H groups in total. The van der Waals surface area contributed by atoms with Gasteiger partial charge in [0.15, 0.2) is 0 Å². The van der Waals surface area contributed by atoms with Crippen LogP contribution in [0.1, 0.15) is 23.2 Å². The number of hydrogen-bond donors (Lipinski definition) is 0.